The van der Waals surface area contributed by atoms with Crippen LogP contribution in [0.2, 0.25) is 5.02 Å². The number of hydrogen-bond donors (Lipinski definition) is 1. The average molecular weight is 439 g/mol. The van der Waals surface area contributed by atoms with Crippen LogP contribution in [0.3, 0.4) is 0 Å². The quantitative estimate of drug-likeness (QED) is 0.678. The van der Waals surface area contributed by atoms with Gasteiger partial charge in [-0.1, -0.05) is 35.9 Å². The van der Waals surface area contributed by atoms with Gasteiger partial charge in [0.1, 0.15) is 5.65 Å². The molecule has 0 bridgehead atoms. The minimum atomic E-state index is -0.0277. The molecular weight excluding hydrogens is 412 g/mol. The van der Waals surface area contributed by atoms with Crippen LogP contribution in [0.4, 0.5) is 0 Å². The molecule has 0 aliphatic carbocycles. The van der Waals surface area contributed by atoms with Crippen molar-refractivity contribution in [1.82, 2.24) is 19.2 Å². The van der Waals surface area contributed by atoms with E-state index in [0.717, 1.165) is 43.7 Å². The van der Waals surface area contributed by atoms with Crippen molar-refractivity contribution in [2.24, 2.45) is 5.92 Å². The number of nitrogens with zero attached hydrogens (tertiary/aromatic N) is 4. The Balaban J connectivity index is 1.48. The van der Waals surface area contributed by atoms with Crippen LogP contribution in [0.5, 0.6) is 0 Å². The highest BCUT2D eigenvalue weighted by Crippen LogP contribution is 2.25. The van der Waals surface area contributed by atoms with E-state index in [4.69, 9.17) is 16.6 Å². The van der Waals surface area contributed by atoms with Gasteiger partial charge in [-0.05, 0) is 55.0 Å². The van der Waals surface area contributed by atoms with E-state index in [1.807, 2.05) is 33.7 Å². The molecule has 1 N–H and O–H groups in total. The van der Waals surface area contributed by atoms with Crippen LogP contribution < -0.4 is 0 Å². The van der Waals surface area contributed by atoms with Gasteiger partial charge >= 0.3 is 0 Å². The summed E-state index contributed by atoms with van der Waals surface area (Å²) >= 11 is 6.28. The number of rotatable bonds is 4. The van der Waals surface area contributed by atoms with Gasteiger partial charge in [-0.3, -0.25) is 9.69 Å². The third-order valence-electron chi connectivity index (χ3n) is 6.54. The zero-order valence-electron chi connectivity index (χ0n) is 17.5. The zero-order valence-corrected chi connectivity index (χ0v) is 18.3. The number of aromatic nitrogens is 2. The maximum Gasteiger partial charge on any atom is 0.274 e. The zero-order chi connectivity index (χ0) is 21.4. The molecule has 1 atom stereocenters. The maximum absolute atomic E-state index is 13.6. The average Bonchev–Trinajstić information content (AvgIpc) is 3.15. The molecule has 0 unspecified atom stereocenters. The van der Waals surface area contributed by atoms with Crippen molar-refractivity contribution in [2.45, 2.75) is 32.4 Å². The lowest BCUT2D eigenvalue weighted by molar-refractivity contribution is 0.0724. The van der Waals surface area contributed by atoms with Crippen molar-refractivity contribution < 1.29 is 9.90 Å². The number of likely N-dealkylation sites (tertiary alicyclic amines) is 1. The fraction of sp³-hybridized carbons (Fsp3) is 0.417. The van der Waals surface area contributed by atoms with Crippen LogP contribution in [0, 0.1) is 5.92 Å². The Labute approximate surface area is 187 Å². The first-order chi connectivity index (χ1) is 15.1. The van der Waals surface area contributed by atoms with Gasteiger partial charge in [0.15, 0.2) is 5.69 Å². The summed E-state index contributed by atoms with van der Waals surface area (Å²) in [5.41, 5.74) is 4.64. The number of hydrogen-bond acceptors (Lipinski definition) is 4. The second-order valence-corrected chi connectivity index (χ2v) is 9.09. The third-order valence-corrected chi connectivity index (χ3v) is 6.76. The Morgan fingerprint density at radius 3 is 2.84 bits per heavy atom. The molecule has 1 saturated heterocycles. The van der Waals surface area contributed by atoms with Gasteiger partial charge in [0.25, 0.3) is 5.91 Å². The number of fused-ring (bicyclic) bond motifs is 2. The second-order valence-electron chi connectivity index (χ2n) is 8.65. The summed E-state index contributed by atoms with van der Waals surface area (Å²) in [6.07, 6.45) is 4.80. The number of aliphatic hydroxyl groups excluding tert-OH is 1. The van der Waals surface area contributed by atoms with Gasteiger partial charge in [-0.25, -0.2) is 4.98 Å². The van der Waals surface area contributed by atoms with Crippen molar-refractivity contribution in [3.05, 3.63) is 70.1 Å². The molecule has 2 aliphatic rings. The van der Waals surface area contributed by atoms with Gasteiger partial charge in [0.2, 0.25) is 0 Å². The van der Waals surface area contributed by atoms with Crippen molar-refractivity contribution in [1.29, 1.82) is 0 Å². The predicted octanol–water partition coefficient (Wildman–Crippen LogP) is 3.39. The van der Waals surface area contributed by atoms with Gasteiger partial charge in [0, 0.05) is 39.0 Å². The van der Waals surface area contributed by atoms with Crippen molar-refractivity contribution in [3.63, 3.8) is 0 Å². The monoisotopic (exact) mass is 438 g/mol. The number of pyridine rings is 1. The molecule has 1 fully saturated rings. The second kappa shape index (κ2) is 8.61. The lowest BCUT2D eigenvalue weighted by atomic mass is 9.98. The number of carbonyl (C=O) groups excluding carboxylic acids is 1. The number of piperidine rings is 1. The van der Waals surface area contributed by atoms with Gasteiger partial charge < -0.3 is 14.4 Å². The number of aliphatic hydroxyl groups is 1. The van der Waals surface area contributed by atoms with Crippen LogP contribution in [0.15, 0.2) is 42.6 Å². The fourth-order valence-electron chi connectivity index (χ4n) is 4.86. The number of amides is 1. The molecule has 162 valence electrons. The van der Waals surface area contributed by atoms with Crippen molar-refractivity contribution >= 4 is 23.2 Å². The lowest BCUT2D eigenvalue weighted by Gasteiger charge is -2.32. The standard InChI is InChI=1S/C24H27ClN4O2/c25-20-7-8-22-26-23(24(31)28-11-9-18-5-1-2-6-19(18)13-28)21(29(22)14-20)15-27-10-3-4-17(12-27)16-30/h1-2,5-8,14,17,30H,3-4,9-13,15-16H2/t17-/m0/s1. The van der Waals surface area contributed by atoms with Crippen LogP contribution >= 0.6 is 11.6 Å². The summed E-state index contributed by atoms with van der Waals surface area (Å²) in [5.74, 6) is 0.259. The first kappa shape index (κ1) is 20.5. The largest absolute Gasteiger partial charge is 0.396 e. The summed E-state index contributed by atoms with van der Waals surface area (Å²) in [6, 6.07) is 12.0. The summed E-state index contributed by atoms with van der Waals surface area (Å²) < 4.78 is 1.95. The molecular formula is C24H27ClN4O2. The van der Waals surface area contributed by atoms with Gasteiger partial charge in [-0.15, -0.1) is 0 Å². The molecule has 6 nitrogen and oxygen atoms in total. The van der Waals surface area contributed by atoms with Gasteiger partial charge in [-0.2, -0.15) is 0 Å². The molecule has 1 amide bonds. The molecule has 0 radical (unpaired) electrons. The molecule has 2 aromatic heterocycles. The summed E-state index contributed by atoms with van der Waals surface area (Å²) in [5, 5.41) is 10.2. The summed E-state index contributed by atoms with van der Waals surface area (Å²) in [7, 11) is 0. The molecule has 3 aromatic rings. The predicted molar refractivity (Wildman–Crippen MR) is 120 cm³/mol. The maximum atomic E-state index is 13.6. The van der Waals surface area contributed by atoms with Crippen LogP contribution in [-0.2, 0) is 19.5 Å². The molecule has 0 saturated carbocycles. The number of imidazole rings is 1. The van der Waals surface area contributed by atoms with Crippen LogP contribution in [-0.4, -0.2) is 56.4 Å². The highest BCUT2D eigenvalue weighted by Gasteiger charge is 2.29. The first-order valence-electron chi connectivity index (χ1n) is 11.0. The van der Waals surface area contributed by atoms with E-state index >= 15 is 0 Å². The van der Waals surface area contributed by atoms with E-state index in [9.17, 15) is 9.90 Å². The minimum absolute atomic E-state index is 0.0277. The van der Waals surface area contributed by atoms with E-state index in [1.165, 1.54) is 11.1 Å². The molecule has 7 heteroatoms. The molecule has 5 rings (SSSR count). The summed E-state index contributed by atoms with van der Waals surface area (Å²) in [6.45, 7) is 3.90. The topological polar surface area (TPSA) is 61.1 Å². The van der Waals surface area contributed by atoms with Crippen LogP contribution in [0.25, 0.3) is 5.65 Å². The Bertz CT molecular complexity index is 1110. The minimum Gasteiger partial charge on any atom is -0.396 e. The van der Waals surface area contributed by atoms with Crippen molar-refractivity contribution in [2.75, 3.05) is 26.2 Å². The number of benzene rings is 1. The normalized spacial score (nSPS) is 19.5. The van der Waals surface area contributed by atoms with E-state index < -0.39 is 0 Å². The molecule has 2 aliphatic heterocycles. The Hall–Kier alpha value is -2.41. The van der Waals surface area contributed by atoms with Gasteiger partial charge in [0.05, 0.1) is 10.7 Å². The lowest BCUT2D eigenvalue weighted by Crippen LogP contribution is -2.39. The third kappa shape index (κ3) is 4.07. The molecule has 31 heavy (non-hydrogen) atoms. The number of carbonyl (C=O) groups is 1. The van der Waals surface area contributed by atoms with E-state index in [2.05, 4.69) is 23.1 Å². The summed E-state index contributed by atoms with van der Waals surface area (Å²) in [4.78, 5) is 22.6. The van der Waals surface area contributed by atoms with Crippen LogP contribution in [0.1, 0.15) is 40.2 Å². The van der Waals surface area contributed by atoms with Crippen molar-refractivity contribution in [3.8, 4) is 0 Å². The first-order valence-corrected chi connectivity index (χ1v) is 11.4. The van der Waals surface area contributed by atoms with E-state index in [1.54, 1.807) is 0 Å². The molecule has 1 aromatic carbocycles. The number of halogens is 1. The Kier molecular flexibility index (Phi) is 5.69. The SMILES string of the molecule is O=C(c1nc2ccc(Cl)cn2c1CN1CCC[C@H](CO)C1)N1CCc2ccccc2C1. The van der Waals surface area contributed by atoms with E-state index in [-0.39, 0.29) is 18.4 Å². The van der Waals surface area contributed by atoms with E-state index in [0.29, 0.717) is 30.4 Å². The Morgan fingerprint density at radius 1 is 1.16 bits per heavy atom. The highest BCUT2D eigenvalue weighted by molar-refractivity contribution is 6.30. The molecule has 0 spiro atoms. The highest BCUT2D eigenvalue weighted by atomic mass is 35.5. The fourth-order valence-corrected chi connectivity index (χ4v) is 5.02. The Morgan fingerprint density at radius 2 is 2.00 bits per heavy atom. The molecule has 4 heterocycles. The smallest absolute Gasteiger partial charge is 0.274 e.